The summed E-state index contributed by atoms with van der Waals surface area (Å²) in [4.78, 5) is 16.0. The van der Waals surface area contributed by atoms with E-state index in [1.54, 1.807) is 19.9 Å². The minimum Gasteiger partial charge on any atom is -0.493 e. The molecule has 0 aliphatic heterocycles. The molecule has 1 unspecified atom stereocenters. The van der Waals surface area contributed by atoms with E-state index in [9.17, 15) is 14.4 Å². The van der Waals surface area contributed by atoms with Gasteiger partial charge in [0.1, 0.15) is 23.9 Å². The van der Waals surface area contributed by atoms with Crippen LogP contribution in [0.5, 0.6) is 0 Å². The van der Waals surface area contributed by atoms with Crippen molar-refractivity contribution in [2.24, 2.45) is 5.92 Å². The van der Waals surface area contributed by atoms with Crippen LogP contribution in [0.15, 0.2) is 66.7 Å². The number of hydrogen-bond acceptors (Lipinski definition) is 4. The molecule has 0 aliphatic rings. The smallest absolute Gasteiger partial charge is 0.126 e. The first-order valence-electron chi connectivity index (χ1n) is 11.5. The topological polar surface area (TPSA) is 63.0 Å². The van der Waals surface area contributed by atoms with Crippen LogP contribution in [-0.4, -0.2) is 17.9 Å². The van der Waals surface area contributed by atoms with E-state index in [1.807, 2.05) is 50.3 Å². The Bertz CT molecular complexity index is 1330. The molecule has 0 radical (unpaired) electrons. The summed E-state index contributed by atoms with van der Waals surface area (Å²) in [5, 5.41) is 10.8. The summed E-state index contributed by atoms with van der Waals surface area (Å²) in [7, 11) is 0. The van der Waals surface area contributed by atoms with Crippen molar-refractivity contribution in [2.75, 3.05) is 6.61 Å². The van der Waals surface area contributed by atoms with E-state index in [-0.39, 0.29) is 12.3 Å². The molecule has 1 aromatic heterocycles. The van der Waals surface area contributed by atoms with E-state index < -0.39 is 5.83 Å². The Morgan fingerprint density at radius 1 is 1.26 bits per heavy atom. The number of carbonyl (C=O) groups is 1. The van der Waals surface area contributed by atoms with Crippen molar-refractivity contribution in [3.05, 3.63) is 94.0 Å². The molecule has 2 rings (SSSR count). The van der Waals surface area contributed by atoms with Gasteiger partial charge in [0, 0.05) is 22.3 Å². The van der Waals surface area contributed by atoms with Crippen molar-refractivity contribution in [1.29, 1.82) is 5.26 Å². The third kappa shape index (κ3) is 6.51. The molecule has 180 valence electrons. The maximum absolute atomic E-state index is 14.2. The number of hydrogen-bond donors (Lipinski definition) is 0. The highest BCUT2D eigenvalue weighted by molar-refractivity contribution is 5.79. The zero-order valence-corrected chi connectivity index (χ0v) is 20.8. The van der Waals surface area contributed by atoms with E-state index in [2.05, 4.69) is 24.2 Å². The molecule has 0 aliphatic carbocycles. The molecule has 1 heterocycles. The molecule has 1 aromatic carbocycles. The van der Waals surface area contributed by atoms with Crippen LogP contribution in [-0.2, 0) is 16.0 Å². The first-order valence-corrected chi connectivity index (χ1v) is 11.5. The van der Waals surface area contributed by atoms with Gasteiger partial charge in [-0.15, -0.1) is 0 Å². The number of ether oxygens (including phenoxy) is 1. The molecule has 0 saturated heterocycles. The van der Waals surface area contributed by atoms with Gasteiger partial charge in [0.05, 0.1) is 23.2 Å². The number of aromatic nitrogens is 1. The standard InChI is InChI=1S/C30H31FN2O2/c1-7-11-29(35-10-4)25(9-3)22-12-14-23(15-13-22)30-28(18-32)27(16-20(5)19-34)26(21(6)33-30)17-24(31)8-2/h7-9,11-15,17,19-20H,1,6,10,16H2,2-5H3/b24-8+,25-9-,26-17+,29-11+. The Kier molecular flexibility index (Phi) is 10.1. The van der Waals surface area contributed by atoms with Crippen molar-refractivity contribution in [3.63, 3.8) is 0 Å². The fourth-order valence-electron chi connectivity index (χ4n) is 3.74. The van der Waals surface area contributed by atoms with Crippen molar-refractivity contribution < 1.29 is 13.9 Å². The monoisotopic (exact) mass is 470 g/mol. The molecular formula is C30H31FN2O2. The summed E-state index contributed by atoms with van der Waals surface area (Å²) in [5.41, 5.74) is 3.88. The van der Waals surface area contributed by atoms with E-state index in [4.69, 9.17) is 4.74 Å². The Morgan fingerprint density at radius 3 is 2.46 bits per heavy atom. The minimum atomic E-state index is -0.464. The van der Waals surface area contributed by atoms with Gasteiger partial charge in [0.2, 0.25) is 0 Å². The summed E-state index contributed by atoms with van der Waals surface area (Å²) < 4.78 is 19.9. The van der Waals surface area contributed by atoms with Crippen molar-refractivity contribution in [1.82, 2.24) is 4.98 Å². The minimum absolute atomic E-state index is 0.276. The quantitative estimate of drug-likeness (QED) is 0.259. The highest BCUT2D eigenvalue weighted by atomic mass is 19.1. The van der Waals surface area contributed by atoms with Crippen LogP contribution in [0, 0.1) is 17.2 Å². The Hall–Kier alpha value is -4.04. The van der Waals surface area contributed by atoms with E-state index in [0.717, 1.165) is 23.0 Å². The van der Waals surface area contributed by atoms with Gasteiger partial charge >= 0.3 is 0 Å². The van der Waals surface area contributed by atoms with Crippen molar-refractivity contribution in [2.45, 2.75) is 34.1 Å². The third-order valence-corrected chi connectivity index (χ3v) is 5.44. The number of carbonyl (C=O) groups excluding carboxylic acids is 1. The maximum Gasteiger partial charge on any atom is 0.126 e. The lowest BCUT2D eigenvalue weighted by molar-refractivity contribution is -0.110. The average molecular weight is 471 g/mol. The lowest BCUT2D eigenvalue weighted by atomic mass is 9.92. The molecule has 0 saturated carbocycles. The Morgan fingerprint density at radius 2 is 1.94 bits per heavy atom. The van der Waals surface area contributed by atoms with Crippen LogP contribution >= 0.6 is 0 Å². The predicted molar refractivity (Wildman–Crippen MR) is 141 cm³/mol. The highest BCUT2D eigenvalue weighted by Gasteiger charge is 2.17. The van der Waals surface area contributed by atoms with E-state index in [0.29, 0.717) is 39.8 Å². The fraction of sp³-hybridized carbons (Fsp3) is 0.233. The van der Waals surface area contributed by atoms with Crippen LogP contribution in [0.4, 0.5) is 4.39 Å². The maximum atomic E-state index is 14.2. The SMILES string of the molecule is C=C/C=C(OCC)\C(=C/C)c1ccc(-c2nc(=C)/c(=C\C(F)=C/C)c(CC(C)C=O)c2C#N)cc1. The Balaban J connectivity index is 2.73. The summed E-state index contributed by atoms with van der Waals surface area (Å²) in [6, 6.07) is 9.85. The number of aldehydes is 1. The molecule has 0 amide bonds. The summed E-state index contributed by atoms with van der Waals surface area (Å²) in [5.74, 6) is -0.107. The summed E-state index contributed by atoms with van der Waals surface area (Å²) >= 11 is 0. The molecule has 35 heavy (non-hydrogen) atoms. The lowest BCUT2D eigenvalue weighted by Gasteiger charge is -2.15. The number of allylic oxidation sites excluding steroid dienone is 6. The second kappa shape index (κ2) is 13.0. The first-order chi connectivity index (χ1) is 16.8. The summed E-state index contributed by atoms with van der Waals surface area (Å²) in [6.07, 6.45) is 9.19. The lowest BCUT2D eigenvalue weighted by Crippen LogP contribution is -2.34. The molecule has 0 fully saturated rings. The molecule has 5 heteroatoms. The number of halogens is 1. The van der Waals surface area contributed by atoms with Gasteiger partial charge in [-0.1, -0.05) is 62.6 Å². The molecule has 0 N–H and O–H groups in total. The number of rotatable bonds is 10. The van der Waals surface area contributed by atoms with Gasteiger partial charge < -0.3 is 9.53 Å². The van der Waals surface area contributed by atoms with Gasteiger partial charge in [-0.2, -0.15) is 5.26 Å². The molecule has 1 atom stereocenters. The van der Waals surface area contributed by atoms with E-state index in [1.165, 1.54) is 12.2 Å². The second-order valence-electron chi connectivity index (χ2n) is 7.90. The fourth-order valence-corrected chi connectivity index (χ4v) is 3.74. The Labute approximate surface area is 206 Å². The molecule has 4 nitrogen and oxygen atoms in total. The zero-order chi connectivity index (χ0) is 26.0. The van der Waals surface area contributed by atoms with Gasteiger partial charge in [-0.05, 0) is 50.5 Å². The van der Waals surface area contributed by atoms with E-state index >= 15 is 0 Å². The highest BCUT2D eigenvalue weighted by Crippen LogP contribution is 2.28. The van der Waals surface area contributed by atoms with Gasteiger partial charge in [0.25, 0.3) is 0 Å². The first kappa shape index (κ1) is 27.2. The van der Waals surface area contributed by atoms with Crippen molar-refractivity contribution >= 4 is 24.5 Å². The van der Waals surface area contributed by atoms with Gasteiger partial charge in [-0.25, -0.2) is 9.37 Å². The van der Waals surface area contributed by atoms with Crippen molar-refractivity contribution in [3.8, 4) is 17.3 Å². The normalized spacial score (nSPS) is 13.8. The second-order valence-corrected chi connectivity index (χ2v) is 7.90. The molecule has 0 spiro atoms. The van der Waals surface area contributed by atoms with Gasteiger partial charge in [0.15, 0.2) is 0 Å². The number of nitriles is 1. The summed E-state index contributed by atoms with van der Waals surface area (Å²) in [6.45, 7) is 15.5. The van der Waals surface area contributed by atoms with Crippen LogP contribution in [0.2, 0.25) is 0 Å². The number of nitrogens with zero attached hydrogens (tertiary/aromatic N) is 2. The molecular weight excluding hydrogens is 439 g/mol. The predicted octanol–water partition coefficient (Wildman–Crippen LogP) is 5.57. The zero-order valence-electron chi connectivity index (χ0n) is 20.8. The van der Waals surface area contributed by atoms with Crippen LogP contribution in [0.3, 0.4) is 0 Å². The number of benzene rings is 1. The largest absolute Gasteiger partial charge is 0.493 e. The van der Waals surface area contributed by atoms with Crippen LogP contribution in [0.25, 0.3) is 29.5 Å². The van der Waals surface area contributed by atoms with Crippen LogP contribution < -0.4 is 10.6 Å². The molecule has 0 bridgehead atoms. The molecule has 2 aromatic rings. The van der Waals surface area contributed by atoms with Gasteiger partial charge in [-0.3, -0.25) is 0 Å². The average Bonchev–Trinajstić information content (AvgIpc) is 2.86. The number of pyridine rings is 1. The van der Waals surface area contributed by atoms with Crippen LogP contribution in [0.1, 0.15) is 44.4 Å². The third-order valence-electron chi connectivity index (χ3n) is 5.44.